The lowest BCUT2D eigenvalue weighted by Gasteiger charge is -2.24. The van der Waals surface area contributed by atoms with Crippen LogP contribution in [0, 0.1) is 0 Å². The number of ether oxygens (including phenoxy) is 1. The first kappa shape index (κ1) is 20.1. The van der Waals surface area contributed by atoms with E-state index in [9.17, 15) is 14.7 Å². The highest BCUT2D eigenvalue weighted by atomic mass is 16.5. The molecular weight excluding hydrogens is 392 g/mol. The minimum atomic E-state index is -0.798. The van der Waals surface area contributed by atoms with E-state index in [1.165, 1.54) is 4.90 Å². The van der Waals surface area contributed by atoms with Gasteiger partial charge in [-0.3, -0.25) is 14.5 Å². The summed E-state index contributed by atoms with van der Waals surface area (Å²) < 4.78 is 5.47. The molecule has 2 aromatic carbocycles. The van der Waals surface area contributed by atoms with E-state index in [1.807, 2.05) is 30.3 Å². The molecule has 2 heterocycles. The first-order valence-electron chi connectivity index (χ1n) is 9.73. The van der Waals surface area contributed by atoms with Gasteiger partial charge in [0.25, 0.3) is 5.78 Å². The molecule has 4 rings (SSSR count). The Morgan fingerprint density at radius 1 is 1.03 bits per heavy atom. The van der Waals surface area contributed by atoms with Gasteiger partial charge in [-0.2, -0.15) is 0 Å². The SMILES string of the molecule is C=CCOc1ccc(C(O)=C2C(=O)C(=O)N(c3ccccn3)C2c2ccccc2)cc1. The van der Waals surface area contributed by atoms with Crippen LogP contribution in [0.1, 0.15) is 17.2 Å². The fraction of sp³-hybridized carbons (Fsp3) is 0.0800. The van der Waals surface area contributed by atoms with Crippen LogP contribution in [0.4, 0.5) is 5.82 Å². The topological polar surface area (TPSA) is 79.7 Å². The van der Waals surface area contributed by atoms with Crippen LogP contribution in [-0.4, -0.2) is 28.4 Å². The molecular formula is C25H20N2O4. The Labute approximate surface area is 179 Å². The van der Waals surface area contributed by atoms with Gasteiger partial charge in [0.05, 0.1) is 11.6 Å². The first-order valence-corrected chi connectivity index (χ1v) is 9.73. The number of nitrogens with zero attached hydrogens (tertiary/aromatic N) is 2. The van der Waals surface area contributed by atoms with Crippen LogP contribution in [-0.2, 0) is 9.59 Å². The number of benzene rings is 2. The van der Waals surface area contributed by atoms with Crippen molar-refractivity contribution in [2.75, 3.05) is 11.5 Å². The zero-order valence-electron chi connectivity index (χ0n) is 16.6. The predicted octanol–water partition coefficient (Wildman–Crippen LogP) is 4.27. The molecule has 6 nitrogen and oxygen atoms in total. The second-order valence-corrected chi connectivity index (χ2v) is 6.89. The first-order chi connectivity index (χ1) is 15.1. The number of pyridine rings is 1. The molecule has 1 N–H and O–H groups in total. The molecule has 1 amide bonds. The van der Waals surface area contributed by atoms with Crippen molar-refractivity contribution in [1.82, 2.24) is 4.98 Å². The third-order valence-electron chi connectivity index (χ3n) is 4.95. The van der Waals surface area contributed by atoms with Gasteiger partial charge in [-0.05, 0) is 42.0 Å². The number of aromatic nitrogens is 1. The van der Waals surface area contributed by atoms with Gasteiger partial charge in [0.15, 0.2) is 0 Å². The molecule has 0 bridgehead atoms. The molecule has 3 aromatic rings. The average molecular weight is 412 g/mol. The molecule has 6 heteroatoms. The lowest BCUT2D eigenvalue weighted by atomic mass is 9.95. The Hall–Kier alpha value is -4.19. The summed E-state index contributed by atoms with van der Waals surface area (Å²) in [5.41, 5.74) is 1.12. The van der Waals surface area contributed by atoms with Gasteiger partial charge in [0.1, 0.15) is 23.9 Å². The minimum absolute atomic E-state index is 0.0154. The molecule has 1 aliphatic rings. The van der Waals surface area contributed by atoms with Crippen molar-refractivity contribution in [3.05, 3.63) is 108 Å². The number of hydrogen-bond acceptors (Lipinski definition) is 5. The Bertz CT molecular complexity index is 1140. The third-order valence-corrected chi connectivity index (χ3v) is 4.95. The Morgan fingerprint density at radius 3 is 2.39 bits per heavy atom. The van der Waals surface area contributed by atoms with E-state index in [4.69, 9.17) is 4.74 Å². The minimum Gasteiger partial charge on any atom is -0.507 e. The number of Topliss-reactive ketones (excluding diaryl/α,β-unsaturated/α-hetero) is 1. The van der Waals surface area contributed by atoms with Gasteiger partial charge in [-0.25, -0.2) is 4.98 Å². The summed E-state index contributed by atoms with van der Waals surface area (Å²) in [7, 11) is 0. The molecule has 0 aliphatic carbocycles. The number of carbonyl (C=O) groups is 2. The second-order valence-electron chi connectivity index (χ2n) is 6.89. The summed E-state index contributed by atoms with van der Waals surface area (Å²) >= 11 is 0. The fourth-order valence-electron chi connectivity index (χ4n) is 3.54. The largest absolute Gasteiger partial charge is 0.507 e. The van der Waals surface area contributed by atoms with Gasteiger partial charge < -0.3 is 9.84 Å². The van der Waals surface area contributed by atoms with Crippen molar-refractivity contribution in [3.8, 4) is 5.75 Å². The van der Waals surface area contributed by atoms with Gasteiger partial charge in [-0.1, -0.05) is 49.1 Å². The molecule has 1 saturated heterocycles. The molecule has 0 radical (unpaired) electrons. The second kappa shape index (κ2) is 8.67. The number of amides is 1. The van der Waals surface area contributed by atoms with E-state index >= 15 is 0 Å². The van der Waals surface area contributed by atoms with Crippen LogP contribution in [0.3, 0.4) is 0 Å². The van der Waals surface area contributed by atoms with Gasteiger partial charge in [0, 0.05) is 11.8 Å². The molecule has 1 aromatic heterocycles. The lowest BCUT2D eigenvalue weighted by molar-refractivity contribution is -0.132. The highest BCUT2D eigenvalue weighted by molar-refractivity contribution is 6.51. The molecule has 1 aliphatic heterocycles. The number of ketones is 1. The van der Waals surface area contributed by atoms with Crippen LogP contribution in [0.15, 0.2) is 97.2 Å². The Morgan fingerprint density at radius 2 is 1.74 bits per heavy atom. The van der Waals surface area contributed by atoms with Crippen LogP contribution < -0.4 is 9.64 Å². The molecule has 1 fully saturated rings. The number of hydrogen-bond donors (Lipinski definition) is 1. The quantitative estimate of drug-likeness (QED) is 0.283. The molecule has 1 unspecified atom stereocenters. The fourth-order valence-corrected chi connectivity index (χ4v) is 3.54. The van der Waals surface area contributed by atoms with Crippen molar-refractivity contribution in [3.63, 3.8) is 0 Å². The van der Waals surface area contributed by atoms with E-state index < -0.39 is 17.7 Å². The Kier molecular flexibility index (Phi) is 5.62. The maximum Gasteiger partial charge on any atom is 0.301 e. The van der Waals surface area contributed by atoms with E-state index in [0.717, 1.165) is 0 Å². The van der Waals surface area contributed by atoms with Crippen molar-refractivity contribution in [1.29, 1.82) is 0 Å². The average Bonchev–Trinajstić information content (AvgIpc) is 3.09. The standard InChI is InChI=1S/C25H20N2O4/c1-2-16-31-19-13-11-18(12-14-19)23(28)21-22(17-8-4-3-5-9-17)27(25(30)24(21)29)20-10-6-7-15-26-20/h2-15,22,28H,1,16H2. The Balaban J connectivity index is 1.83. The third kappa shape index (κ3) is 3.83. The number of aliphatic hydroxyl groups excluding tert-OH is 1. The number of rotatable bonds is 6. The van der Waals surface area contributed by atoms with E-state index in [-0.39, 0.29) is 11.3 Å². The maximum absolute atomic E-state index is 13.0. The maximum atomic E-state index is 13.0. The van der Waals surface area contributed by atoms with Gasteiger partial charge in [0.2, 0.25) is 0 Å². The summed E-state index contributed by atoms with van der Waals surface area (Å²) in [4.78, 5) is 31.6. The summed E-state index contributed by atoms with van der Waals surface area (Å²) in [6, 6.07) is 20.1. The molecule has 31 heavy (non-hydrogen) atoms. The van der Waals surface area contributed by atoms with Crippen LogP contribution in [0.25, 0.3) is 5.76 Å². The number of carbonyl (C=O) groups excluding carboxylic acids is 2. The molecule has 154 valence electrons. The van der Waals surface area contributed by atoms with Gasteiger partial charge in [-0.15, -0.1) is 0 Å². The van der Waals surface area contributed by atoms with Crippen LogP contribution >= 0.6 is 0 Å². The van der Waals surface area contributed by atoms with E-state index in [0.29, 0.717) is 29.3 Å². The van der Waals surface area contributed by atoms with Crippen molar-refractivity contribution in [2.24, 2.45) is 0 Å². The zero-order valence-corrected chi connectivity index (χ0v) is 16.6. The molecule has 0 saturated carbocycles. The number of aliphatic hydroxyl groups is 1. The lowest BCUT2D eigenvalue weighted by Crippen LogP contribution is -2.30. The van der Waals surface area contributed by atoms with Crippen LogP contribution in [0.5, 0.6) is 5.75 Å². The van der Waals surface area contributed by atoms with Crippen molar-refractivity contribution >= 4 is 23.3 Å². The highest BCUT2D eigenvalue weighted by Crippen LogP contribution is 2.41. The zero-order chi connectivity index (χ0) is 21.8. The van der Waals surface area contributed by atoms with Crippen molar-refractivity contribution < 1.29 is 19.4 Å². The van der Waals surface area contributed by atoms with E-state index in [1.54, 1.807) is 54.7 Å². The summed E-state index contributed by atoms with van der Waals surface area (Å²) in [6.07, 6.45) is 3.19. The van der Waals surface area contributed by atoms with E-state index in [2.05, 4.69) is 11.6 Å². The predicted molar refractivity (Wildman–Crippen MR) is 118 cm³/mol. The van der Waals surface area contributed by atoms with Crippen molar-refractivity contribution in [2.45, 2.75) is 6.04 Å². The van der Waals surface area contributed by atoms with Crippen LogP contribution in [0.2, 0.25) is 0 Å². The smallest absolute Gasteiger partial charge is 0.301 e. The summed E-state index contributed by atoms with van der Waals surface area (Å²) in [6.45, 7) is 3.96. The monoisotopic (exact) mass is 412 g/mol. The molecule has 0 spiro atoms. The highest BCUT2D eigenvalue weighted by Gasteiger charge is 2.47. The summed E-state index contributed by atoms with van der Waals surface area (Å²) in [5.74, 6) is -0.805. The summed E-state index contributed by atoms with van der Waals surface area (Å²) in [5, 5.41) is 11.1. The normalized spacial score (nSPS) is 17.5. The van der Waals surface area contributed by atoms with Gasteiger partial charge >= 0.3 is 5.91 Å². The number of anilines is 1. The molecule has 1 atom stereocenters.